The summed E-state index contributed by atoms with van der Waals surface area (Å²) in [5.74, 6) is 0. The number of halogens is 1. The van der Waals surface area contributed by atoms with Crippen molar-refractivity contribution >= 4 is 33.1 Å². The van der Waals surface area contributed by atoms with Gasteiger partial charge in [0.1, 0.15) is 0 Å². The van der Waals surface area contributed by atoms with Crippen LogP contribution >= 0.6 is 15.9 Å². The van der Waals surface area contributed by atoms with E-state index in [0.717, 1.165) is 27.2 Å². The number of aldehydes is 1. The molecule has 0 N–H and O–H groups in total. The van der Waals surface area contributed by atoms with Crippen LogP contribution in [0.15, 0.2) is 41.5 Å². The second kappa shape index (κ2) is 4.03. The van der Waals surface area contributed by atoms with Gasteiger partial charge >= 0.3 is 0 Å². The minimum atomic E-state index is 0.714. The Morgan fingerprint density at radius 2 is 2.27 bits per heavy atom. The third-order valence-electron chi connectivity index (χ3n) is 2.32. The molecular weight excluding hydrogens is 254 g/mol. The maximum atomic E-state index is 10.8. The fraction of sp³-hybridized carbons (Fsp3) is 0.0833. The van der Waals surface area contributed by atoms with Crippen molar-refractivity contribution in [3.63, 3.8) is 0 Å². The van der Waals surface area contributed by atoms with Crippen LogP contribution in [0.3, 0.4) is 0 Å². The summed E-state index contributed by atoms with van der Waals surface area (Å²) in [5.41, 5.74) is 1.78. The monoisotopic (exact) mass is 263 g/mol. The van der Waals surface area contributed by atoms with Crippen LogP contribution in [0.1, 0.15) is 10.4 Å². The molecule has 0 aliphatic rings. The van der Waals surface area contributed by atoms with Crippen LogP contribution < -0.4 is 0 Å². The van der Waals surface area contributed by atoms with Gasteiger partial charge in [0, 0.05) is 27.1 Å². The number of rotatable bonds is 3. The number of benzene rings is 1. The van der Waals surface area contributed by atoms with Crippen LogP contribution in [0.5, 0.6) is 0 Å². The lowest BCUT2D eigenvalue weighted by Gasteiger charge is -2.03. The fourth-order valence-corrected chi connectivity index (χ4v) is 1.94. The van der Waals surface area contributed by atoms with Crippen LogP contribution in [0.25, 0.3) is 10.9 Å². The molecule has 76 valence electrons. The second-order valence-corrected chi connectivity index (χ2v) is 4.48. The summed E-state index contributed by atoms with van der Waals surface area (Å²) < 4.78 is 2.97. The average molecular weight is 264 g/mol. The Labute approximate surface area is 96.3 Å². The third-order valence-corrected chi connectivity index (χ3v) is 2.57. The summed E-state index contributed by atoms with van der Waals surface area (Å²) in [7, 11) is 0. The highest BCUT2D eigenvalue weighted by molar-refractivity contribution is 9.11. The van der Waals surface area contributed by atoms with Crippen LogP contribution in [0.2, 0.25) is 0 Å². The molecule has 3 heteroatoms. The van der Waals surface area contributed by atoms with E-state index < -0.39 is 0 Å². The molecule has 1 aromatic carbocycles. The van der Waals surface area contributed by atoms with Gasteiger partial charge in [0.2, 0.25) is 0 Å². The molecule has 0 aliphatic carbocycles. The third kappa shape index (κ3) is 1.88. The van der Waals surface area contributed by atoms with E-state index in [1.165, 1.54) is 0 Å². The molecule has 0 atom stereocenters. The predicted molar refractivity (Wildman–Crippen MR) is 65.4 cm³/mol. The Hall–Kier alpha value is -1.35. The molecule has 0 radical (unpaired) electrons. The number of carbonyl (C=O) groups is 1. The molecule has 0 unspecified atom stereocenters. The summed E-state index contributed by atoms with van der Waals surface area (Å²) in [6.45, 7) is 4.52. The molecule has 0 spiro atoms. The standard InChI is InChI=1S/C12H10BrNO/c1-9(13)7-14-6-5-11-10(8-15)3-2-4-12(11)14/h2-6,8H,1,7H2. The first kappa shape index (κ1) is 10.2. The number of aromatic nitrogens is 1. The average Bonchev–Trinajstić information content (AvgIpc) is 2.61. The van der Waals surface area contributed by atoms with Crippen molar-refractivity contribution in [1.82, 2.24) is 4.57 Å². The van der Waals surface area contributed by atoms with Crippen molar-refractivity contribution in [3.05, 3.63) is 47.1 Å². The zero-order valence-corrected chi connectivity index (χ0v) is 9.70. The Kier molecular flexibility index (Phi) is 2.73. The summed E-state index contributed by atoms with van der Waals surface area (Å²) in [6.07, 6.45) is 2.85. The summed E-state index contributed by atoms with van der Waals surface area (Å²) >= 11 is 3.33. The van der Waals surface area contributed by atoms with Gasteiger partial charge in [0.25, 0.3) is 0 Å². The highest BCUT2D eigenvalue weighted by atomic mass is 79.9. The van der Waals surface area contributed by atoms with E-state index >= 15 is 0 Å². The van der Waals surface area contributed by atoms with E-state index in [1.54, 1.807) is 0 Å². The molecule has 0 aliphatic heterocycles. The van der Waals surface area contributed by atoms with E-state index in [2.05, 4.69) is 27.1 Å². The minimum Gasteiger partial charge on any atom is -0.343 e. The lowest BCUT2D eigenvalue weighted by atomic mass is 10.1. The maximum absolute atomic E-state index is 10.8. The van der Waals surface area contributed by atoms with E-state index in [9.17, 15) is 4.79 Å². The molecule has 0 saturated heterocycles. The topological polar surface area (TPSA) is 22.0 Å². The lowest BCUT2D eigenvalue weighted by molar-refractivity contribution is 0.112. The molecule has 2 nitrogen and oxygen atoms in total. The predicted octanol–water partition coefficient (Wildman–Crippen LogP) is 3.36. The van der Waals surface area contributed by atoms with E-state index in [0.29, 0.717) is 6.54 Å². The smallest absolute Gasteiger partial charge is 0.150 e. The molecular formula is C12H10BrNO. The zero-order chi connectivity index (χ0) is 10.8. The Balaban J connectivity index is 2.60. The first-order valence-electron chi connectivity index (χ1n) is 4.58. The molecule has 0 amide bonds. The van der Waals surface area contributed by atoms with Crippen molar-refractivity contribution in [2.75, 3.05) is 0 Å². The Bertz CT molecular complexity index is 527. The van der Waals surface area contributed by atoms with E-state index in [4.69, 9.17) is 0 Å². The molecule has 0 saturated carbocycles. The van der Waals surface area contributed by atoms with Gasteiger partial charge in [-0.2, -0.15) is 0 Å². The highest BCUT2D eigenvalue weighted by Crippen LogP contribution is 2.20. The van der Waals surface area contributed by atoms with E-state index in [-0.39, 0.29) is 0 Å². The molecule has 1 aromatic heterocycles. The van der Waals surface area contributed by atoms with Crippen LogP contribution in [-0.4, -0.2) is 10.9 Å². The fourth-order valence-electron chi connectivity index (χ4n) is 1.67. The number of allylic oxidation sites excluding steroid dienone is 1. The minimum absolute atomic E-state index is 0.714. The van der Waals surface area contributed by atoms with Crippen LogP contribution in [0, 0.1) is 0 Å². The molecule has 15 heavy (non-hydrogen) atoms. The van der Waals surface area contributed by atoms with Crippen molar-refractivity contribution in [2.45, 2.75) is 6.54 Å². The van der Waals surface area contributed by atoms with Crippen molar-refractivity contribution in [2.24, 2.45) is 0 Å². The van der Waals surface area contributed by atoms with Crippen molar-refractivity contribution in [1.29, 1.82) is 0 Å². The first-order valence-corrected chi connectivity index (χ1v) is 5.38. The van der Waals surface area contributed by atoms with Crippen LogP contribution in [0.4, 0.5) is 0 Å². The van der Waals surface area contributed by atoms with Gasteiger partial charge in [-0.25, -0.2) is 0 Å². The van der Waals surface area contributed by atoms with Gasteiger partial charge in [-0.1, -0.05) is 34.6 Å². The lowest BCUT2D eigenvalue weighted by Crippen LogP contribution is -1.94. The Morgan fingerprint density at radius 1 is 1.47 bits per heavy atom. The number of nitrogens with zero attached hydrogens (tertiary/aromatic N) is 1. The second-order valence-electron chi connectivity index (χ2n) is 3.36. The Morgan fingerprint density at radius 3 is 2.93 bits per heavy atom. The van der Waals surface area contributed by atoms with E-state index in [1.807, 2.05) is 30.5 Å². The molecule has 2 rings (SSSR count). The largest absolute Gasteiger partial charge is 0.343 e. The number of hydrogen-bond donors (Lipinski definition) is 0. The van der Waals surface area contributed by atoms with Crippen LogP contribution in [-0.2, 0) is 6.54 Å². The number of hydrogen-bond acceptors (Lipinski definition) is 1. The van der Waals surface area contributed by atoms with Gasteiger partial charge in [-0.3, -0.25) is 4.79 Å². The van der Waals surface area contributed by atoms with Gasteiger partial charge in [-0.05, 0) is 12.1 Å². The number of carbonyl (C=O) groups excluding carboxylic acids is 1. The highest BCUT2D eigenvalue weighted by Gasteiger charge is 2.04. The normalized spacial score (nSPS) is 10.5. The van der Waals surface area contributed by atoms with Gasteiger partial charge < -0.3 is 4.57 Å². The molecule has 0 fully saturated rings. The SMILES string of the molecule is C=C(Br)Cn1ccc2c(C=O)cccc21. The van der Waals surface area contributed by atoms with Crippen molar-refractivity contribution in [3.8, 4) is 0 Å². The van der Waals surface area contributed by atoms with Crippen molar-refractivity contribution < 1.29 is 4.79 Å². The summed E-state index contributed by atoms with van der Waals surface area (Å²) in [6, 6.07) is 7.66. The molecule has 2 aromatic rings. The van der Waals surface area contributed by atoms with Gasteiger partial charge in [-0.15, -0.1) is 0 Å². The van der Waals surface area contributed by atoms with Gasteiger partial charge in [0.05, 0.1) is 6.54 Å². The summed E-state index contributed by atoms with van der Waals surface area (Å²) in [5, 5.41) is 0.987. The zero-order valence-electron chi connectivity index (χ0n) is 8.11. The summed E-state index contributed by atoms with van der Waals surface area (Å²) in [4.78, 5) is 10.8. The quantitative estimate of drug-likeness (QED) is 0.779. The van der Waals surface area contributed by atoms with Gasteiger partial charge in [0.15, 0.2) is 6.29 Å². The maximum Gasteiger partial charge on any atom is 0.150 e. The first-order chi connectivity index (χ1) is 7.22. The molecule has 1 heterocycles. The number of fused-ring (bicyclic) bond motifs is 1. The molecule has 0 bridgehead atoms.